The first-order valence-corrected chi connectivity index (χ1v) is 7.69. The number of nitrogens with zero attached hydrogens (tertiary/aromatic N) is 1. The fourth-order valence-corrected chi connectivity index (χ4v) is 3.17. The van der Waals surface area contributed by atoms with Gasteiger partial charge in [-0.2, -0.15) is 13.2 Å². The SMILES string of the molecule is CCC1(C(=O)NCC(N2CCNCC2)C(F)(F)F)CCC1.Cl. The van der Waals surface area contributed by atoms with Crippen LogP contribution < -0.4 is 10.6 Å². The minimum Gasteiger partial charge on any atom is -0.354 e. The predicted molar refractivity (Wildman–Crippen MR) is 81.1 cm³/mol. The standard InChI is InChI=1S/C14H24F3N3O.ClH/c1-2-13(4-3-5-13)12(21)19-10-11(14(15,16)17)20-8-6-18-7-9-20;/h11,18H,2-10H2,1H3,(H,19,21);1H. The maximum Gasteiger partial charge on any atom is 0.405 e. The van der Waals surface area contributed by atoms with E-state index in [2.05, 4.69) is 10.6 Å². The van der Waals surface area contributed by atoms with Crippen molar-refractivity contribution in [2.75, 3.05) is 32.7 Å². The van der Waals surface area contributed by atoms with Gasteiger partial charge in [-0.3, -0.25) is 9.69 Å². The van der Waals surface area contributed by atoms with Crippen LogP contribution in [0.1, 0.15) is 32.6 Å². The van der Waals surface area contributed by atoms with Gasteiger partial charge >= 0.3 is 6.18 Å². The third-order valence-electron chi connectivity index (χ3n) is 4.90. The van der Waals surface area contributed by atoms with Crippen LogP contribution >= 0.6 is 12.4 Å². The molecule has 2 fully saturated rings. The lowest BCUT2D eigenvalue weighted by atomic mass is 9.66. The number of piperazine rings is 1. The highest BCUT2D eigenvalue weighted by atomic mass is 35.5. The summed E-state index contributed by atoms with van der Waals surface area (Å²) in [5.74, 6) is -0.208. The summed E-state index contributed by atoms with van der Waals surface area (Å²) in [7, 11) is 0. The third kappa shape index (κ3) is 4.26. The lowest BCUT2D eigenvalue weighted by Crippen LogP contribution is -2.58. The van der Waals surface area contributed by atoms with Crippen LogP contribution in [-0.2, 0) is 4.79 Å². The van der Waals surface area contributed by atoms with Gasteiger partial charge in [0, 0.05) is 38.1 Å². The summed E-state index contributed by atoms with van der Waals surface area (Å²) in [5.41, 5.74) is -0.417. The van der Waals surface area contributed by atoms with Crippen LogP contribution in [0.3, 0.4) is 0 Å². The Morgan fingerprint density at radius 2 is 1.91 bits per heavy atom. The van der Waals surface area contributed by atoms with Crippen LogP contribution in [0.15, 0.2) is 0 Å². The van der Waals surface area contributed by atoms with E-state index in [1.807, 2.05) is 6.92 Å². The predicted octanol–water partition coefficient (Wildman–Crippen LogP) is 1.94. The number of rotatable bonds is 5. The fourth-order valence-electron chi connectivity index (χ4n) is 3.17. The van der Waals surface area contributed by atoms with Crippen molar-refractivity contribution in [2.24, 2.45) is 5.41 Å². The van der Waals surface area contributed by atoms with Gasteiger partial charge in [-0.05, 0) is 19.3 Å². The molecule has 0 aromatic carbocycles. The molecule has 1 heterocycles. The molecule has 1 aliphatic carbocycles. The summed E-state index contributed by atoms with van der Waals surface area (Å²) in [4.78, 5) is 13.6. The van der Waals surface area contributed by atoms with E-state index in [0.29, 0.717) is 32.6 Å². The van der Waals surface area contributed by atoms with Gasteiger partial charge < -0.3 is 10.6 Å². The Morgan fingerprint density at radius 3 is 2.32 bits per heavy atom. The zero-order chi connectivity index (χ0) is 15.5. The summed E-state index contributed by atoms with van der Waals surface area (Å²) in [6.07, 6.45) is -1.05. The average Bonchev–Trinajstić information content (AvgIpc) is 2.38. The lowest BCUT2D eigenvalue weighted by Gasteiger charge is -2.41. The van der Waals surface area contributed by atoms with Gasteiger partial charge in [0.05, 0.1) is 0 Å². The van der Waals surface area contributed by atoms with E-state index >= 15 is 0 Å². The Kier molecular flexibility index (Phi) is 6.95. The van der Waals surface area contributed by atoms with Crippen molar-refractivity contribution in [2.45, 2.75) is 44.8 Å². The van der Waals surface area contributed by atoms with Crippen molar-refractivity contribution in [1.82, 2.24) is 15.5 Å². The molecule has 1 aliphatic heterocycles. The summed E-state index contributed by atoms with van der Waals surface area (Å²) in [5, 5.41) is 5.60. The Labute approximate surface area is 135 Å². The summed E-state index contributed by atoms with van der Waals surface area (Å²) >= 11 is 0. The van der Waals surface area contributed by atoms with Gasteiger partial charge in [0.15, 0.2) is 0 Å². The van der Waals surface area contributed by atoms with Crippen molar-refractivity contribution >= 4 is 18.3 Å². The molecule has 0 radical (unpaired) electrons. The highest BCUT2D eigenvalue weighted by molar-refractivity contribution is 5.85. The third-order valence-corrected chi connectivity index (χ3v) is 4.90. The van der Waals surface area contributed by atoms with E-state index in [1.54, 1.807) is 0 Å². The van der Waals surface area contributed by atoms with Gasteiger partial charge in [-0.25, -0.2) is 0 Å². The van der Waals surface area contributed by atoms with Gasteiger partial charge in [0.2, 0.25) is 5.91 Å². The van der Waals surface area contributed by atoms with Crippen molar-refractivity contribution in [1.29, 1.82) is 0 Å². The molecule has 130 valence electrons. The van der Waals surface area contributed by atoms with Gasteiger partial charge in [-0.15, -0.1) is 12.4 Å². The summed E-state index contributed by atoms with van der Waals surface area (Å²) in [6.45, 7) is 3.41. The summed E-state index contributed by atoms with van der Waals surface area (Å²) in [6, 6.07) is -1.59. The molecule has 2 aliphatic rings. The molecule has 0 bridgehead atoms. The molecule has 0 aromatic heterocycles. The van der Waals surface area contributed by atoms with E-state index in [9.17, 15) is 18.0 Å². The number of carbonyl (C=O) groups excluding carboxylic acids is 1. The largest absolute Gasteiger partial charge is 0.405 e. The number of hydrogen-bond donors (Lipinski definition) is 2. The molecule has 4 nitrogen and oxygen atoms in total. The molecule has 1 saturated heterocycles. The number of hydrogen-bond acceptors (Lipinski definition) is 3. The second-order valence-electron chi connectivity index (χ2n) is 6.04. The topological polar surface area (TPSA) is 44.4 Å². The number of amides is 1. The van der Waals surface area contributed by atoms with Crippen LogP contribution in [0.2, 0.25) is 0 Å². The molecule has 2 N–H and O–H groups in total. The molecular weight excluding hydrogens is 319 g/mol. The molecule has 1 amide bonds. The van der Waals surface area contributed by atoms with E-state index < -0.39 is 17.6 Å². The average molecular weight is 344 g/mol. The maximum absolute atomic E-state index is 13.2. The highest BCUT2D eigenvalue weighted by Crippen LogP contribution is 2.43. The Hall–Kier alpha value is -0.530. The molecule has 0 spiro atoms. The zero-order valence-electron chi connectivity index (χ0n) is 12.8. The Balaban J connectivity index is 0.00000242. The van der Waals surface area contributed by atoms with Crippen molar-refractivity contribution < 1.29 is 18.0 Å². The van der Waals surface area contributed by atoms with Crippen molar-refractivity contribution in [3.05, 3.63) is 0 Å². The van der Waals surface area contributed by atoms with Crippen LogP contribution in [0, 0.1) is 5.41 Å². The number of alkyl halides is 3. The minimum atomic E-state index is -4.32. The maximum atomic E-state index is 13.2. The van der Waals surface area contributed by atoms with Crippen LogP contribution in [-0.4, -0.2) is 55.7 Å². The molecule has 1 atom stereocenters. The molecule has 0 aromatic rings. The zero-order valence-corrected chi connectivity index (χ0v) is 13.7. The Morgan fingerprint density at radius 1 is 1.32 bits per heavy atom. The minimum absolute atomic E-state index is 0. The number of halogens is 4. The van der Waals surface area contributed by atoms with Crippen LogP contribution in [0.5, 0.6) is 0 Å². The molecule has 8 heteroatoms. The monoisotopic (exact) mass is 343 g/mol. The highest BCUT2D eigenvalue weighted by Gasteiger charge is 2.46. The van der Waals surface area contributed by atoms with Gasteiger partial charge in [0.25, 0.3) is 0 Å². The second-order valence-corrected chi connectivity index (χ2v) is 6.04. The first-order valence-electron chi connectivity index (χ1n) is 7.69. The quantitative estimate of drug-likeness (QED) is 0.802. The van der Waals surface area contributed by atoms with Crippen molar-refractivity contribution in [3.63, 3.8) is 0 Å². The number of nitrogens with one attached hydrogen (secondary N) is 2. The van der Waals surface area contributed by atoms with Crippen LogP contribution in [0.4, 0.5) is 13.2 Å². The van der Waals surface area contributed by atoms with E-state index in [1.165, 1.54) is 4.90 Å². The second kappa shape index (κ2) is 7.84. The first-order chi connectivity index (χ1) is 9.89. The molecular formula is C14H25ClF3N3O. The van der Waals surface area contributed by atoms with Crippen molar-refractivity contribution in [3.8, 4) is 0 Å². The van der Waals surface area contributed by atoms with E-state index in [-0.39, 0.29) is 24.9 Å². The number of carbonyl (C=O) groups is 1. The molecule has 22 heavy (non-hydrogen) atoms. The van der Waals surface area contributed by atoms with Crippen LogP contribution in [0.25, 0.3) is 0 Å². The van der Waals surface area contributed by atoms with Gasteiger partial charge in [0.1, 0.15) is 6.04 Å². The van der Waals surface area contributed by atoms with E-state index in [0.717, 1.165) is 19.3 Å². The molecule has 1 saturated carbocycles. The molecule has 2 rings (SSSR count). The lowest BCUT2D eigenvalue weighted by molar-refractivity contribution is -0.184. The Bertz CT molecular complexity index is 363. The smallest absolute Gasteiger partial charge is 0.354 e. The fraction of sp³-hybridized carbons (Fsp3) is 0.929. The normalized spacial score (nSPS) is 23.1. The molecule has 1 unspecified atom stereocenters. The first kappa shape index (κ1) is 19.5. The summed E-state index contributed by atoms with van der Waals surface area (Å²) < 4.78 is 39.6. The van der Waals surface area contributed by atoms with E-state index in [4.69, 9.17) is 0 Å². The van der Waals surface area contributed by atoms with Gasteiger partial charge in [-0.1, -0.05) is 13.3 Å².